The molecule has 2 aromatic carbocycles. The molecule has 1 fully saturated rings. The lowest BCUT2D eigenvalue weighted by Crippen LogP contribution is -2.78. The minimum Gasteiger partial charge on any atom is -0.390 e. The lowest BCUT2D eigenvalue weighted by molar-refractivity contribution is -0.377. The number of benzene rings is 2. The third-order valence-corrected chi connectivity index (χ3v) is 5.38. The second-order valence-corrected chi connectivity index (χ2v) is 7.64. The third-order valence-electron chi connectivity index (χ3n) is 5.38. The maximum absolute atomic E-state index is 15.9. The number of rotatable bonds is 6. The van der Waals surface area contributed by atoms with Gasteiger partial charge >= 0.3 is 0 Å². The van der Waals surface area contributed by atoms with Crippen LogP contribution in [-0.2, 0) is 22.4 Å². The van der Waals surface area contributed by atoms with Gasteiger partial charge in [0.1, 0.15) is 12.1 Å². The molecular weight excluding hydrogens is 393 g/mol. The average molecular weight is 419 g/mol. The summed E-state index contributed by atoms with van der Waals surface area (Å²) in [5.41, 5.74) is -1.58. The van der Waals surface area contributed by atoms with E-state index in [1.807, 2.05) is 0 Å². The van der Waals surface area contributed by atoms with Crippen molar-refractivity contribution in [3.63, 3.8) is 0 Å². The number of amides is 1. The molecule has 1 heterocycles. The molecule has 8 heteroatoms. The van der Waals surface area contributed by atoms with E-state index < -0.39 is 48.3 Å². The van der Waals surface area contributed by atoms with Crippen LogP contribution in [0.25, 0.3) is 0 Å². The fraction of sp³-hybridized carbons (Fsp3) is 0.409. The van der Waals surface area contributed by atoms with E-state index in [0.717, 1.165) is 6.92 Å². The molecule has 2 unspecified atom stereocenters. The number of halogens is 1. The van der Waals surface area contributed by atoms with E-state index in [-0.39, 0.29) is 6.42 Å². The van der Waals surface area contributed by atoms with Gasteiger partial charge in [-0.05, 0) is 11.1 Å². The van der Waals surface area contributed by atoms with Gasteiger partial charge in [-0.15, -0.1) is 0 Å². The molecule has 2 aromatic rings. The maximum Gasteiger partial charge on any atom is 0.267 e. The molecule has 0 radical (unpaired) electrons. The molecule has 1 aliphatic heterocycles. The van der Waals surface area contributed by atoms with E-state index in [1.165, 1.54) is 0 Å². The van der Waals surface area contributed by atoms with Crippen LogP contribution < -0.4 is 5.32 Å². The summed E-state index contributed by atoms with van der Waals surface area (Å²) in [6, 6.07) is 15.3. The van der Waals surface area contributed by atoms with Gasteiger partial charge in [0.2, 0.25) is 5.91 Å². The summed E-state index contributed by atoms with van der Waals surface area (Å²) in [7, 11) is 0. The smallest absolute Gasteiger partial charge is 0.267 e. The molecule has 6 atom stereocenters. The monoisotopic (exact) mass is 419 g/mol. The summed E-state index contributed by atoms with van der Waals surface area (Å²) >= 11 is 0. The van der Waals surface area contributed by atoms with Crippen LogP contribution in [0, 0.1) is 0 Å². The van der Waals surface area contributed by atoms with E-state index in [2.05, 4.69) is 5.32 Å². The Morgan fingerprint density at radius 1 is 1.10 bits per heavy atom. The predicted molar refractivity (Wildman–Crippen MR) is 106 cm³/mol. The van der Waals surface area contributed by atoms with E-state index in [1.54, 1.807) is 60.7 Å². The van der Waals surface area contributed by atoms with Crippen LogP contribution >= 0.6 is 0 Å². The van der Waals surface area contributed by atoms with Gasteiger partial charge in [-0.25, -0.2) is 4.39 Å². The number of hydrogen-bond acceptors (Lipinski definition) is 6. The van der Waals surface area contributed by atoms with Crippen LogP contribution in [0.5, 0.6) is 0 Å². The molecule has 162 valence electrons. The van der Waals surface area contributed by atoms with E-state index in [9.17, 15) is 25.2 Å². The summed E-state index contributed by atoms with van der Waals surface area (Å²) in [6.07, 6.45) is -5.95. The van der Waals surface area contributed by atoms with Gasteiger partial charge in [-0.3, -0.25) is 4.79 Å². The van der Waals surface area contributed by atoms with E-state index in [4.69, 9.17) is 4.74 Å². The molecule has 30 heavy (non-hydrogen) atoms. The van der Waals surface area contributed by atoms with Crippen molar-refractivity contribution in [2.45, 2.75) is 55.8 Å². The number of nitrogens with one attached hydrogen (secondary N) is 1. The molecule has 0 spiro atoms. The Kier molecular flexibility index (Phi) is 6.54. The molecule has 0 aromatic heterocycles. The number of aliphatic hydroxyl groups excluding tert-OH is 2. The molecule has 5 N–H and O–H groups in total. The van der Waals surface area contributed by atoms with Crippen molar-refractivity contribution in [2.75, 3.05) is 0 Å². The van der Waals surface area contributed by atoms with Crippen molar-refractivity contribution in [3.05, 3.63) is 71.8 Å². The first kappa shape index (κ1) is 22.3. The Balaban J connectivity index is 1.96. The number of aliphatic hydroxyl groups is 4. The van der Waals surface area contributed by atoms with Crippen LogP contribution in [0.15, 0.2) is 60.7 Å². The molecule has 0 aliphatic carbocycles. The van der Waals surface area contributed by atoms with Gasteiger partial charge in [0.25, 0.3) is 5.85 Å². The van der Waals surface area contributed by atoms with Crippen LogP contribution in [0.1, 0.15) is 18.1 Å². The van der Waals surface area contributed by atoms with E-state index >= 15 is 4.39 Å². The minimum atomic E-state index is -3.50. The van der Waals surface area contributed by atoms with Gasteiger partial charge in [-0.1, -0.05) is 60.7 Å². The highest BCUT2D eigenvalue weighted by Gasteiger charge is 2.67. The third kappa shape index (κ3) is 4.38. The molecule has 0 saturated carbocycles. The number of ether oxygens (including phenoxy) is 1. The number of alkyl halides is 1. The number of hydrogen-bond donors (Lipinski definition) is 5. The highest BCUT2D eigenvalue weighted by atomic mass is 19.2. The van der Waals surface area contributed by atoms with Crippen LogP contribution in [-0.4, -0.2) is 62.3 Å². The normalized spacial score (nSPS) is 32.4. The van der Waals surface area contributed by atoms with Gasteiger partial charge < -0.3 is 30.5 Å². The molecule has 0 bridgehead atoms. The topological polar surface area (TPSA) is 119 Å². The van der Waals surface area contributed by atoms with Gasteiger partial charge in [0, 0.05) is 19.8 Å². The van der Waals surface area contributed by atoms with Gasteiger partial charge in [0.15, 0.2) is 11.9 Å². The Labute approximate surface area is 173 Å². The van der Waals surface area contributed by atoms with Crippen molar-refractivity contribution in [1.29, 1.82) is 0 Å². The van der Waals surface area contributed by atoms with Crippen molar-refractivity contribution < 1.29 is 34.3 Å². The Hall–Kier alpha value is -2.36. The molecule has 1 amide bonds. The maximum atomic E-state index is 15.9. The fourth-order valence-electron chi connectivity index (χ4n) is 3.88. The SMILES string of the molecule is CC(=O)N[C@H]1C(O)O[C@H](C(O)Cc2ccccc2)[C@](O)(F)[C@@]1(O)Cc1ccccc1. The Morgan fingerprint density at radius 2 is 1.63 bits per heavy atom. The summed E-state index contributed by atoms with van der Waals surface area (Å²) < 4.78 is 21.0. The first-order valence-corrected chi connectivity index (χ1v) is 9.65. The fourth-order valence-corrected chi connectivity index (χ4v) is 3.88. The summed E-state index contributed by atoms with van der Waals surface area (Å²) in [5, 5.41) is 45.5. The van der Waals surface area contributed by atoms with Crippen molar-refractivity contribution >= 4 is 5.91 Å². The second-order valence-electron chi connectivity index (χ2n) is 7.64. The zero-order valence-electron chi connectivity index (χ0n) is 16.5. The standard InChI is InChI=1S/C22H26FNO6/c1-14(25)24-18-20(27)30-19(17(26)12-15-8-4-2-5-9-15)22(23,29)21(18,28)13-16-10-6-3-7-11-16/h2-11,17-20,26-29H,12-13H2,1H3,(H,24,25)/t17?,18-,19+,20?,21+,22+/m0/s1. The lowest BCUT2D eigenvalue weighted by Gasteiger charge is -2.53. The second kappa shape index (κ2) is 8.79. The quantitative estimate of drug-likeness (QED) is 0.464. The molecular formula is C22H26FNO6. The molecule has 3 rings (SSSR count). The summed E-state index contributed by atoms with van der Waals surface area (Å²) in [4.78, 5) is 11.6. The number of carbonyl (C=O) groups is 1. The van der Waals surface area contributed by atoms with Gasteiger partial charge in [0.05, 0.1) is 6.10 Å². The summed E-state index contributed by atoms with van der Waals surface area (Å²) in [5.74, 6) is -4.16. The van der Waals surface area contributed by atoms with Crippen molar-refractivity contribution in [1.82, 2.24) is 5.32 Å². The van der Waals surface area contributed by atoms with E-state index in [0.29, 0.717) is 11.1 Å². The Morgan fingerprint density at radius 3 is 2.17 bits per heavy atom. The van der Waals surface area contributed by atoms with Gasteiger partial charge in [-0.2, -0.15) is 0 Å². The average Bonchev–Trinajstić information content (AvgIpc) is 2.70. The largest absolute Gasteiger partial charge is 0.390 e. The van der Waals surface area contributed by atoms with Crippen LogP contribution in [0.4, 0.5) is 4.39 Å². The zero-order chi connectivity index (χ0) is 21.9. The highest BCUT2D eigenvalue weighted by molar-refractivity contribution is 5.73. The predicted octanol–water partition coefficient (Wildman–Crippen LogP) is 0.444. The summed E-state index contributed by atoms with van der Waals surface area (Å²) in [6.45, 7) is 1.13. The Bertz CT molecular complexity index is 849. The van der Waals surface area contributed by atoms with Crippen molar-refractivity contribution in [2.24, 2.45) is 0 Å². The first-order chi connectivity index (χ1) is 14.1. The van der Waals surface area contributed by atoms with Crippen molar-refractivity contribution in [3.8, 4) is 0 Å². The minimum absolute atomic E-state index is 0.0866. The first-order valence-electron chi connectivity index (χ1n) is 9.65. The highest BCUT2D eigenvalue weighted by Crippen LogP contribution is 2.42. The zero-order valence-corrected chi connectivity index (χ0v) is 16.5. The molecule has 7 nitrogen and oxygen atoms in total. The molecule has 1 aliphatic rings. The molecule has 1 saturated heterocycles. The van der Waals surface area contributed by atoms with Crippen LogP contribution in [0.2, 0.25) is 0 Å². The lowest BCUT2D eigenvalue weighted by atomic mass is 9.74. The number of carbonyl (C=O) groups excluding carboxylic acids is 1. The van der Waals surface area contributed by atoms with Crippen LogP contribution in [0.3, 0.4) is 0 Å².